The molecule has 0 amide bonds. The van der Waals surface area contributed by atoms with Crippen molar-refractivity contribution in [2.75, 3.05) is 7.11 Å². The standard InChI is InChI=1S/C14H16ClF3N2O/c1-8(7-14(16,17)18)20-12-5-4-10(21-3)6-11(12)19-13(20)9(2)15/h4-6,8-9H,7H2,1-3H3. The monoisotopic (exact) mass is 320 g/mol. The molecule has 1 aromatic heterocycles. The van der Waals surface area contributed by atoms with E-state index >= 15 is 0 Å². The minimum Gasteiger partial charge on any atom is -0.497 e. The zero-order valence-corrected chi connectivity index (χ0v) is 12.7. The van der Waals surface area contributed by atoms with E-state index in [1.807, 2.05) is 0 Å². The number of hydrogen-bond donors (Lipinski definition) is 0. The summed E-state index contributed by atoms with van der Waals surface area (Å²) >= 11 is 6.07. The summed E-state index contributed by atoms with van der Waals surface area (Å²) in [7, 11) is 1.52. The van der Waals surface area contributed by atoms with Crippen LogP contribution < -0.4 is 4.74 Å². The molecule has 0 radical (unpaired) electrons. The van der Waals surface area contributed by atoms with E-state index in [0.29, 0.717) is 22.6 Å². The molecule has 0 aliphatic carbocycles. The number of aromatic nitrogens is 2. The highest BCUT2D eigenvalue weighted by Gasteiger charge is 2.32. The lowest BCUT2D eigenvalue weighted by Crippen LogP contribution is -2.18. The van der Waals surface area contributed by atoms with Gasteiger partial charge in [0.1, 0.15) is 11.6 Å². The number of ether oxygens (including phenoxy) is 1. The number of rotatable bonds is 4. The van der Waals surface area contributed by atoms with Gasteiger partial charge in [0.05, 0.1) is 29.9 Å². The Labute approximate surface area is 125 Å². The highest BCUT2D eigenvalue weighted by atomic mass is 35.5. The number of methoxy groups -OCH3 is 1. The fourth-order valence-corrected chi connectivity index (χ4v) is 2.55. The molecule has 3 nitrogen and oxygen atoms in total. The topological polar surface area (TPSA) is 27.1 Å². The summed E-state index contributed by atoms with van der Waals surface area (Å²) in [6, 6.07) is 4.31. The van der Waals surface area contributed by atoms with E-state index in [0.717, 1.165) is 0 Å². The van der Waals surface area contributed by atoms with Crippen molar-refractivity contribution in [3.63, 3.8) is 0 Å². The molecule has 0 spiro atoms. The van der Waals surface area contributed by atoms with Gasteiger partial charge in [-0.2, -0.15) is 13.2 Å². The number of alkyl halides is 4. The molecule has 7 heteroatoms. The summed E-state index contributed by atoms with van der Waals surface area (Å²) in [6.45, 7) is 3.21. The average Bonchev–Trinajstić information content (AvgIpc) is 2.74. The Morgan fingerprint density at radius 3 is 2.52 bits per heavy atom. The van der Waals surface area contributed by atoms with Crippen LogP contribution in [0.3, 0.4) is 0 Å². The van der Waals surface area contributed by atoms with Gasteiger partial charge in [0, 0.05) is 12.1 Å². The summed E-state index contributed by atoms with van der Waals surface area (Å²) in [4.78, 5) is 4.36. The lowest BCUT2D eigenvalue weighted by molar-refractivity contribution is -0.141. The molecule has 116 valence electrons. The largest absolute Gasteiger partial charge is 0.497 e. The fraction of sp³-hybridized carbons (Fsp3) is 0.500. The maximum atomic E-state index is 12.7. The number of benzene rings is 1. The van der Waals surface area contributed by atoms with Crippen molar-refractivity contribution >= 4 is 22.6 Å². The van der Waals surface area contributed by atoms with Gasteiger partial charge in [-0.15, -0.1) is 11.6 Å². The molecule has 0 aliphatic heterocycles. The van der Waals surface area contributed by atoms with Crippen LogP contribution in [-0.4, -0.2) is 22.8 Å². The van der Waals surface area contributed by atoms with Gasteiger partial charge >= 0.3 is 6.18 Å². The smallest absolute Gasteiger partial charge is 0.391 e. The first-order chi connectivity index (χ1) is 9.73. The van der Waals surface area contributed by atoms with Gasteiger partial charge in [0.15, 0.2) is 0 Å². The summed E-state index contributed by atoms with van der Waals surface area (Å²) < 4.78 is 44.7. The zero-order valence-electron chi connectivity index (χ0n) is 11.9. The number of halogens is 4. The normalized spacial score (nSPS) is 15.2. The van der Waals surface area contributed by atoms with E-state index in [1.54, 1.807) is 29.7 Å². The van der Waals surface area contributed by atoms with Crippen LogP contribution in [0.1, 0.15) is 37.5 Å². The molecule has 0 fully saturated rings. The zero-order chi connectivity index (χ0) is 15.8. The van der Waals surface area contributed by atoms with Crippen molar-refractivity contribution in [1.82, 2.24) is 9.55 Å². The van der Waals surface area contributed by atoms with Crippen molar-refractivity contribution in [3.8, 4) is 5.75 Å². The third-order valence-corrected chi connectivity index (χ3v) is 3.44. The van der Waals surface area contributed by atoms with Gasteiger partial charge in [-0.3, -0.25) is 0 Å². The predicted octanol–water partition coefficient (Wildman–Crippen LogP) is 4.86. The molecule has 2 unspecified atom stereocenters. The summed E-state index contributed by atoms with van der Waals surface area (Å²) in [5.74, 6) is 1.03. The second-order valence-corrected chi connectivity index (χ2v) is 5.63. The molecule has 2 aromatic rings. The van der Waals surface area contributed by atoms with E-state index in [-0.39, 0.29) is 0 Å². The summed E-state index contributed by atoms with van der Waals surface area (Å²) in [6.07, 6.45) is -5.17. The van der Waals surface area contributed by atoms with Crippen LogP contribution in [0, 0.1) is 0 Å². The summed E-state index contributed by atoms with van der Waals surface area (Å²) in [5, 5.41) is -0.487. The molecule has 1 heterocycles. The number of imidazole rings is 1. The average molecular weight is 321 g/mol. The van der Waals surface area contributed by atoms with Gasteiger partial charge in [-0.05, 0) is 26.0 Å². The van der Waals surface area contributed by atoms with Gasteiger partial charge in [0.25, 0.3) is 0 Å². The Kier molecular flexibility index (Phi) is 4.37. The molecule has 0 aliphatic rings. The molecule has 0 bridgehead atoms. The lowest BCUT2D eigenvalue weighted by atomic mass is 10.2. The first kappa shape index (κ1) is 15.9. The Bertz CT molecular complexity index is 637. The van der Waals surface area contributed by atoms with Crippen LogP contribution in [0.4, 0.5) is 13.2 Å². The number of fused-ring (bicyclic) bond motifs is 1. The molecule has 0 N–H and O–H groups in total. The predicted molar refractivity (Wildman–Crippen MR) is 75.9 cm³/mol. The summed E-state index contributed by atoms with van der Waals surface area (Å²) in [5.41, 5.74) is 1.20. The third kappa shape index (κ3) is 3.43. The molecule has 0 saturated carbocycles. The Hall–Kier alpha value is -1.43. The Balaban J connectivity index is 2.56. The minimum absolute atomic E-state index is 0.427. The Morgan fingerprint density at radius 1 is 1.33 bits per heavy atom. The van der Waals surface area contributed by atoms with Crippen LogP contribution in [0.5, 0.6) is 5.75 Å². The van der Waals surface area contributed by atoms with Crippen LogP contribution in [-0.2, 0) is 0 Å². The van der Waals surface area contributed by atoms with Gasteiger partial charge in [0.2, 0.25) is 0 Å². The van der Waals surface area contributed by atoms with Crippen molar-refractivity contribution in [1.29, 1.82) is 0 Å². The molecule has 1 aromatic carbocycles. The van der Waals surface area contributed by atoms with Crippen LogP contribution in [0.2, 0.25) is 0 Å². The van der Waals surface area contributed by atoms with E-state index in [2.05, 4.69) is 4.98 Å². The van der Waals surface area contributed by atoms with E-state index < -0.39 is 24.0 Å². The first-order valence-electron chi connectivity index (χ1n) is 6.49. The lowest BCUT2D eigenvalue weighted by Gasteiger charge is -2.20. The second-order valence-electron chi connectivity index (χ2n) is 4.98. The molecule has 2 rings (SSSR count). The molecular formula is C14H16ClF3N2O. The fourth-order valence-electron chi connectivity index (χ4n) is 2.39. The minimum atomic E-state index is -4.24. The van der Waals surface area contributed by atoms with Crippen molar-refractivity contribution in [2.45, 2.75) is 37.9 Å². The van der Waals surface area contributed by atoms with Gasteiger partial charge in [-0.25, -0.2) is 4.98 Å². The first-order valence-corrected chi connectivity index (χ1v) is 6.93. The molecule has 2 atom stereocenters. The SMILES string of the molecule is COc1ccc2c(c1)nc(C(C)Cl)n2C(C)CC(F)(F)F. The molecule has 21 heavy (non-hydrogen) atoms. The van der Waals surface area contributed by atoms with E-state index in [4.69, 9.17) is 16.3 Å². The van der Waals surface area contributed by atoms with Crippen LogP contribution in [0.15, 0.2) is 18.2 Å². The molecule has 0 saturated heterocycles. The number of hydrogen-bond acceptors (Lipinski definition) is 2. The molecular weight excluding hydrogens is 305 g/mol. The highest BCUT2D eigenvalue weighted by molar-refractivity contribution is 6.20. The quantitative estimate of drug-likeness (QED) is 0.752. The second kappa shape index (κ2) is 5.75. The van der Waals surface area contributed by atoms with E-state index in [1.165, 1.54) is 14.0 Å². The van der Waals surface area contributed by atoms with Gasteiger partial charge < -0.3 is 9.30 Å². The van der Waals surface area contributed by atoms with E-state index in [9.17, 15) is 13.2 Å². The van der Waals surface area contributed by atoms with Crippen molar-refractivity contribution in [3.05, 3.63) is 24.0 Å². The van der Waals surface area contributed by atoms with Crippen molar-refractivity contribution in [2.24, 2.45) is 0 Å². The van der Waals surface area contributed by atoms with Crippen LogP contribution in [0.25, 0.3) is 11.0 Å². The van der Waals surface area contributed by atoms with Gasteiger partial charge in [-0.1, -0.05) is 0 Å². The van der Waals surface area contributed by atoms with Crippen LogP contribution >= 0.6 is 11.6 Å². The number of nitrogens with zero attached hydrogens (tertiary/aromatic N) is 2. The maximum Gasteiger partial charge on any atom is 0.391 e. The van der Waals surface area contributed by atoms with Crippen molar-refractivity contribution < 1.29 is 17.9 Å². The highest BCUT2D eigenvalue weighted by Crippen LogP contribution is 2.34. The maximum absolute atomic E-state index is 12.7. The third-order valence-electron chi connectivity index (χ3n) is 3.25. The Morgan fingerprint density at radius 2 is 2.00 bits per heavy atom.